The molecule has 310 valence electrons. The molecular formula is C61H40N4O. The SMILES string of the molecule is c1ccc(-c2ccc(N(c3ccc(-c4ccccc4)cc3)c3cc(-c4cccc5c(-c6nc(-c7ccccc7)nc(-c7ccccc7)n6)cccc45)cc4oc5ccccc5c34)cc2)cc1. The van der Waals surface area contributed by atoms with Gasteiger partial charge >= 0.3 is 0 Å². The molecule has 0 aliphatic heterocycles. The van der Waals surface area contributed by atoms with Crippen LogP contribution in [0.5, 0.6) is 0 Å². The van der Waals surface area contributed by atoms with E-state index in [0.29, 0.717) is 17.5 Å². The van der Waals surface area contributed by atoms with Gasteiger partial charge in [-0.15, -0.1) is 0 Å². The first-order chi connectivity index (χ1) is 32.7. The fourth-order valence-electron chi connectivity index (χ4n) is 9.14. The highest BCUT2D eigenvalue weighted by atomic mass is 16.3. The van der Waals surface area contributed by atoms with E-state index in [1.807, 2.05) is 66.7 Å². The molecule has 5 nitrogen and oxygen atoms in total. The van der Waals surface area contributed by atoms with Gasteiger partial charge in [0.15, 0.2) is 17.5 Å². The lowest BCUT2D eigenvalue weighted by Gasteiger charge is -2.27. The average Bonchev–Trinajstić information content (AvgIpc) is 3.78. The lowest BCUT2D eigenvalue weighted by atomic mass is 9.93. The maximum absolute atomic E-state index is 6.79. The zero-order valence-electron chi connectivity index (χ0n) is 35.8. The van der Waals surface area contributed by atoms with E-state index in [9.17, 15) is 0 Å². The highest BCUT2D eigenvalue weighted by Crippen LogP contribution is 2.47. The van der Waals surface area contributed by atoms with E-state index in [1.54, 1.807) is 0 Å². The van der Waals surface area contributed by atoms with Crippen LogP contribution in [-0.4, -0.2) is 15.0 Å². The second-order valence-electron chi connectivity index (χ2n) is 16.4. The summed E-state index contributed by atoms with van der Waals surface area (Å²) in [5.74, 6) is 1.87. The summed E-state index contributed by atoms with van der Waals surface area (Å²) < 4.78 is 6.79. The monoisotopic (exact) mass is 844 g/mol. The Morgan fingerprint density at radius 3 is 1.26 bits per heavy atom. The third kappa shape index (κ3) is 7.15. The number of furan rings is 1. The predicted molar refractivity (Wildman–Crippen MR) is 272 cm³/mol. The molecule has 2 aromatic heterocycles. The Bertz CT molecular complexity index is 3530. The summed E-state index contributed by atoms with van der Waals surface area (Å²) in [6.07, 6.45) is 0. The summed E-state index contributed by atoms with van der Waals surface area (Å²) >= 11 is 0. The molecule has 0 saturated carbocycles. The standard InChI is InChI=1S/C61H40N4O/c1-5-17-41(18-6-1)43-31-35-48(36-32-43)65(49-37-33-44(34-38-49)42-19-7-2-8-20-42)55-39-47(40-57-58(55)54-25-13-14-30-56(54)66-57)50-26-15-28-52-51(50)27-16-29-53(52)61-63-59(45-21-9-3-10-22-45)62-60(64-61)46-23-11-4-12-24-46/h1-40H. The highest BCUT2D eigenvalue weighted by Gasteiger charge is 2.23. The van der Waals surface area contributed by atoms with Gasteiger partial charge in [-0.05, 0) is 86.6 Å². The van der Waals surface area contributed by atoms with E-state index in [-0.39, 0.29) is 0 Å². The van der Waals surface area contributed by atoms with Gasteiger partial charge < -0.3 is 9.32 Å². The van der Waals surface area contributed by atoms with Crippen molar-refractivity contribution in [1.29, 1.82) is 0 Å². The molecule has 0 bridgehead atoms. The van der Waals surface area contributed by atoms with Gasteiger partial charge in [-0.1, -0.05) is 200 Å². The Hall–Kier alpha value is -8.93. The fourth-order valence-corrected chi connectivity index (χ4v) is 9.14. The number of fused-ring (bicyclic) bond motifs is 4. The molecule has 0 spiro atoms. The molecule has 5 heteroatoms. The molecule has 0 N–H and O–H groups in total. The Kier molecular flexibility index (Phi) is 9.77. The van der Waals surface area contributed by atoms with Gasteiger partial charge in [0.05, 0.1) is 11.1 Å². The summed E-state index contributed by atoms with van der Waals surface area (Å²) in [6.45, 7) is 0. The summed E-state index contributed by atoms with van der Waals surface area (Å²) in [5, 5.41) is 4.21. The van der Waals surface area contributed by atoms with Crippen molar-refractivity contribution in [1.82, 2.24) is 15.0 Å². The van der Waals surface area contributed by atoms with E-state index in [4.69, 9.17) is 19.4 Å². The van der Waals surface area contributed by atoms with Gasteiger partial charge in [0.2, 0.25) is 0 Å². The van der Waals surface area contributed by atoms with Crippen LogP contribution in [0.25, 0.3) is 100 Å². The molecule has 66 heavy (non-hydrogen) atoms. The van der Waals surface area contributed by atoms with E-state index < -0.39 is 0 Å². The van der Waals surface area contributed by atoms with Crippen molar-refractivity contribution >= 4 is 49.8 Å². The lowest BCUT2D eigenvalue weighted by Crippen LogP contribution is -2.10. The molecule has 0 saturated heterocycles. The molecule has 0 fully saturated rings. The Morgan fingerprint density at radius 1 is 0.288 bits per heavy atom. The third-order valence-electron chi connectivity index (χ3n) is 12.3. The number of nitrogens with zero attached hydrogens (tertiary/aromatic N) is 4. The van der Waals surface area contributed by atoms with Crippen LogP contribution in [0.3, 0.4) is 0 Å². The number of para-hydroxylation sites is 1. The predicted octanol–water partition coefficient (Wildman–Crippen LogP) is 16.4. The van der Waals surface area contributed by atoms with Crippen molar-refractivity contribution in [2.75, 3.05) is 4.90 Å². The van der Waals surface area contributed by atoms with Crippen LogP contribution in [0.15, 0.2) is 247 Å². The minimum absolute atomic E-state index is 0.614. The van der Waals surface area contributed by atoms with Crippen molar-refractivity contribution in [2.24, 2.45) is 0 Å². The van der Waals surface area contributed by atoms with Crippen molar-refractivity contribution < 1.29 is 4.42 Å². The molecule has 0 aliphatic rings. The Balaban J connectivity index is 1.06. The number of hydrogen-bond donors (Lipinski definition) is 0. The van der Waals surface area contributed by atoms with Gasteiger partial charge in [-0.3, -0.25) is 0 Å². The first-order valence-corrected chi connectivity index (χ1v) is 22.2. The molecule has 0 radical (unpaired) electrons. The summed E-state index contributed by atoms with van der Waals surface area (Å²) in [6, 6.07) is 84.8. The lowest BCUT2D eigenvalue weighted by molar-refractivity contribution is 0.669. The van der Waals surface area contributed by atoms with Crippen LogP contribution in [0.2, 0.25) is 0 Å². The molecule has 2 heterocycles. The third-order valence-corrected chi connectivity index (χ3v) is 12.3. The molecule has 0 atom stereocenters. The fraction of sp³-hybridized carbons (Fsp3) is 0. The number of aromatic nitrogens is 3. The van der Waals surface area contributed by atoms with Crippen molar-refractivity contribution in [3.8, 4) is 67.5 Å². The number of rotatable bonds is 9. The van der Waals surface area contributed by atoms with Gasteiger partial charge in [-0.25, -0.2) is 15.0 Å². The minimum Gasteiger partial charge on any atom is -0.456 e. The first kappa shape index (κ1) is 38.7. The van der Waals surface area contributed by atoms with E-state index in [2.05, 4.69) is 181 Å². The summed E-state index contributed by atoms with van der Waals surface area (Å²) in [7, 11) is 0. The molecule has 0 aliphatic carbocycles. The second kappa shape index (κ2) is 16.6. The zero-order valence-corrected chi connectivity index (χ0v) is 35.8. The highest BCUT2D eigenvalue weighted by molar-refractivity contribution is 6.16. The molecule has 12 aromatic rings. The van der Waals surface area contributed by atoms with Crippen LogP contribution in [0.1, 0.15) is 0 Å². The topological polar surface area (TPSA) is 55.1 Å². The van der Waals surface area contributed by atoms with Crippen LogP contribution in [-0.2, 0) is 0 Å². The largest absolute Gasteiger partial charge is 0.456 e. The van der Waals surface area contributed by atoms with Gasteiger partial charge in [0, 0.05) is 33.5 Å². The molecule has 0 amide bonds. The average molecular weight is 845 g/mol. The van der Waals surface area contributed by atoms with Crippen LogP contribution in [0, 0.1) is 0 Å². The Labute approximate surface area is 382 Å². The summed E-state index contributed by atoms with van der Waals surface area (Å²) in [5.41, 5.74) is 14.3. The molecule has 0 unspecified atom stereocenters. The van der Waals surface area contributed by atoms with Gasteiger partial charge in [-0.2, -0.15) is 0 Å². The summed E-state index contributed by atoms with van der Waals surface area (Å²) in [4.78, 5) is 17.6. The zero-order chi connectivity index (χ0) is 43.8. The van der Waals surface area contributed by atoms with Crippen LogP contribution < -0.4 is 4.90 Å². The van der Waals surface area contributed by atoms with Crippen molar-refractivity contribution in [2.45, 2.75) is 0 Å². The van der Waals surface area contributed by atoms with Crippen molar-refractivity contribution in [3.63, 3.8) is 0 Å². The first-order valence-electron chi connectivity index (χ1n) is 22.2. The quantitative estimate of drug-likeness (QED) is 0.145. The van der Waals surface area contributed by atoms with Gasteiger partial charge in [0.25, 0.3) is 0 Å². The number of benzene rings is 10. The molecular weight excluding hydrogens is 805 g/mol. The molecule has 12 rings (SSSR count). The number of anilines is 3. The van der Waals surface area contributed by atoms with Crippen LogP contribution >= 0.6 is 0 Å². The maximum atomic E-state index is 6.79. The smallest absolute Gasteiger partial charge is 0.164 e. The second-order valence-corrected chi connectivity index (χ2v) is 16.4. The molecule has 10 aromatic carbocycles. The van der Waals surface area contributed by atoms with E-state index >= 15 is 0 Å². The van der Waals surface area contributed by atoms with Crippen molar-refractivity contribution in [3.05, 3.63) is 243 Å². The van der Waals surface area contributed by atoms with Gasteiger partial charge in [0.1, 0.15) is 11.2 Å². The van der Waals surface area contributed by atoms with Crippen LogP contribution in [0.4, 0.5) is 17.1 Å². The maximum Gasteiger partial charge on any atom is 0.164 e. The Morgan fingerprint density at radius 2 is 0.712 bits per heavy atom. The number of hydrogen-bond acceptors (Lipinski definition) is 5. The van der Waals surface area contributed by atoms with E-state index in [0.717, 1.165) is 88.7 Å². The van der Waals surface area contributed by atoms with E-state index in [1.165, 1.54) is 11.1 Å². The minimum atomic E-state index is 0.614. The normalized spacial score (nSPS) is 11.3.